The molecule has 3 aromatic carbocycles. The minimum Gasteiger partial charge on any atom is -0.506 e. The molecule has 0 saturated carbocycles. The third kappa shape index (κ3) is 5.70. The summed E-state index contributed by atoms with van der Waals surface area (Å²) in [4.78, 5) is 10.4. The quantitative estimate of drug-likeness (QED) is 0.149. The van der Waals surface area contributed by atoms with Crippen LogP contribution in [0.4, 0.5) is 11.4 Å². The monoisotopic (exact) mass is 495 g/mol. The summed E-state index contributed by atoms with van der Waals surface area (Å²) in [6.07, 6.45) is 1.06. The number of hydrogen-bond acceptors (Lipinski definition) is 6. The number of nitrogens with two attached hydrogens (primary N) is 1. The van der Waals surface area contributed by atoms with E-state index in [0.717, 1.165) is 11.1 Å². The Labute approximate surface area is 193 Å². The molecular formula is C23H22BrN5O3. The summed E-state index contributed by atoms with van der Waals surface area (Å²) in [5.74, 6) is 0.0742. The van der Waals surface area contributed by atoms with Gasteiger partial charge in [-0.15, -0.1) is 0 Å². The van der Waals surface area contributed by atoms with E-state index in [2.05, 4.69) is 26.5 Å². The van der Waals surface area contributed by atoms with Crippen molar-refractivity contribution in [1.29, 1.82) is 5.41 Å². The zero-order valence-corrected chi connectivity index (χ0v) is 18.9. The largest absolute Gasteiger partial charge is 0.506 e. The number of nitrogens with one attached hydrogen (secondary N) is 2. The van der Waals surface area contributed by atoms with Gasteiger partial charge in [0.2, 0.25) is 0 Å². The van der Waals surface area contributed by atoms with Gasteiger partial charge in [0.1, 0.15) is 11.6 Å². The zero-order chi connectivity index (χ0) is 23.3. The van der Waals surface area contributed by atoms with E-state index in [1.165, 1.54) is 12.1 Å². The molecule has 0 aliphatic carbocycles. The molecule has 0 bridgehead atoms. The van der Waals surface area contributed by atoms with E-state index < -0.39 is 4.92 Å². The van der Waals surface area contributed by atoms with E-state index in [1.807, 2.05) is 19.1 Å². The third-order valence-corrected chi connectivity index (χ3v) is 5.44. The second-order valence-electron chi connectivity index (χ2n) is 7.23. The molecule has 0 radical (unpaired) electrons. The minimum absolute atomic E-state index is 0.0154. The first-order valence-electron chi connectivity index (χ1n) is 9.74. The van der Waals surface area contributed by atoms with E-state index >= 15 is 0 Å². The molecule has 3 aromatic rings. The number of benzene rings is 3. The molecule has 0 unspecified atom stereocenters. The van der Waals surface area contributed by atoms with Crippen LogP contribution in [-0.4, -0.2) is 21.6 Å². The minimum atomic E-state index is -0.430. The van der Waals surface area contributed by atoms with Gasteiger partial charge in [0.25, 0.3) is 5.69 Å². The number of phenolic OH excluding ortho intramolecular Hbond substituents is 1. The second-order valence-corrected chi connectivity index (χ2v) is 8.08. The normalized spacial score (nSPS) is 11.2. The van der Waals surface area contributed by atoms with Crippen LogP contribution in [0.3, 0.4) is 0 Å². The van der Waals surface area contributed by atoms with Crippen molar-refractivity contribution < 1.29 is 10.0 Å². The number of nitrogens with zero attached hydrogens (tertiary/aromatic N) is 2. The molecule has 5 N–H and O–H groups in total. The number of hydrazone groups is 1. The lowest BCUT2D eigenvalue weighted by Crippen LogP contribution is -2.11. The van der Waals surface area contributed by atoms with Gasteiger partial charge < -0.3 is 10.8 Å². The molecule has 8 nitrogen and oxygen atoms in total. The van der Waals surface area contributed by atoms with Crippen LogP contribution in [0.1, 0.15) is 28.7 Å². The Bertz CT molecular complexity index is 1180. The predicted octanol–water partition coefficient (Wildman–Crippen LogP) is 5.10. The maximum atomic E-state index is 10.9. The van der Waals surface area contributed by atoms with Crippen LogP contribution in [0.25, 0.3) is 0 Å². The van der Waals surface area contributed by atoms with E-state index in [0.29, 0.717) is 39.8 Å². The number of nitrogen functional groups attached to an aromatic ring is 1. The van der Waals surface area contributed by atoms with Crippen LogP contribution >= 0.6 is 15.9 Å². The Morgan fingerprint density at radius 1 is 1.19 bits per heavy atom. The molecule has 0 aromatic heterocycles. The summed E-state index contributed by atoms with van der Waals surface area (Å²) in [5.41, 5.74) is 12.9. The van der Waals surface area contributed by atoms with E-state index in [9.17, 15) is 15.2 Å². The average molecular weight is 496 g/mol. The number of amidine groups is 1. The highest BCUT2D eigenvalue weighted by Gasteiger charge is 2.14. The number of aromatic hydroxyl groups is 1. The molecule has 0 atom stereocenters. The van der Waals surface area contributed by atoms with Crippen LogP contribution < -0.4 is 11.2 Å². The molecular weight excluding hydrogens is 474 g/mol. The van der Waals surface area contributed by atoms with Gasteiger partial charge in [0.05, 0.1) is 20.8 Å². The fourth-order valence-corrected chi connectivity index (χ4v) is 3.68. The van der Waals surface area contributed by atoms with Gasteiger partial charge in [-0.2, -0.15) is 5.10 Å². The molecule has 32 heavy (non-hydrogen) atoms. The first kappa shape index (κ1) is 23.0. The number of halogens is 1. The summed E-state index contributed by atoms with van der Waals surface area (Å²) in [7, 11) is 0. The van der Waals surface area contributed by atoms with Crippen molar-refractivity contribution in [3.63, 3.8) is 0 Å². The number of phenols is 1. The van der Waals surface area contributed by atoms with Crippen LogP contribution in [0, 0.1) is 22.4 Å². The van der Waals surface area contributed by atoms with Crippen molar-refractivity contribution in [3.8, 4) is 5.75 Å². The molecule has 0 saturated heterocycles. The fourth-order valence-electron chi connectivity index (χ4n) is 3.11. The van der Waals surface area contributed by atoms with Gasteiger partial charge in [-0.25, -0.2) is 0 Å². The van der Waals surface area contributed by atoms with Crippen molar-refractivity contribution in [2.45, 2.75) is 19.8 Å². The van der Waals surface area contributed by atoms with Crippen LogP contribution in [-0.2, 0) is 6.42 Å². The van der Waals surface area contributed by atoms with Gasteiger partial charge in [-0.3, -0.25) is 20.9 Å². The van der Waals surface area contributed by atoms with Crippen molar-refractivity contribution in [2.75, 3.05) is 5.43 Å². The Morgan fingerprint density at radius 3 is 2.44 bits per heavy atom. The molecule has 164 valence electrons. The van der Waals surface area contributed by atoms with Gasteiger partial charge >= 0.3 is 0 Å². The SMILES string of the molecule is Cc1cc(Br)c(O)c(/C(CCc2ccc([N+](=O)[O-])cc2)=N\Nc2ccc(C(=N)N)cc2)c1. The Kier molecular flexibility index (Phi) is 7.21. The highest BCUT2D eigenvalue weighted by Crippen LogP contribution is 2.31. The van der Waals surface area contributed by atoms with Crippen molar-refractivity contribution >= 4 is 38.9 Å². The number of aryl methyl sites for hydroxylation is 2. The summed E-state index contributed by atoms with van der Waals surface area (Å²) in [6.45, 7) is 1.93. The lowest BCUT2D eigenvalue weighted by Gasteiger charge is -2.12. The molecule has 0 amide bonds. The van der Waals surface area contributed by atoms with Crippen molar-refractivity contribution in [1.82, 2.24) is 0 Å². The van der Waals surface area contributed by atoms with Gasteiger partial charge in [0, 0.05) is 23.3 Å². The standard InChI is InChI=1S/C23H22BrN5O3/c1-14-12-19(22(30)20(24)13-14)21(11-4-15-2-9-18(10-3-15)29(31)32)28-27-17-7-5-16(6-8-17)23(25)26/h2-3,5-10,12-13,27,30H,4,11H2,1H3,(H3,25,26)/b28-21-. The Balaban J connectivity index is 1.88. The van der Waals surface area contributed by atoms with E-state index in [1.54, 1.807) is 36.4 Å². The summed E-state index contributed by atoms with van der Waals surface area (Å²) >= 11 is 3.38. The van der Waals surface area contributed by atoms with Crippen LogP contribution in [0.2, 0.25) is 0 Å². The van der Waals surface area contributed by atoms with Gasteiger partial charge in [0.15, 0.2) is 0 Å². The molecule has 0 aliphatic heterocycles. The summed E-state index contributed by atoms with van der Waals surface area (Å²) in [5, 5.41) is 33.5. The summed E-state index contributed by atoms with van der Waals surface area (Å²) in [6, 6.07) is 17.0. The van der Waals surface area contributed by atoms with Crippen molar-refractivity contribution in [3.05, 3.63) is 97.5 Å². The Morgan fingerprint density at radius 2 is 1.84 bits per heavy atom. The topological polar surface area (TPSA) is 138 Å². The second kappa shape index (κ2) is 10.1. The fraction of sp³-hybridized carbons (Fsp3) is 0.130. The maximum Gasteiger partial charge on any atom is 0.269 e. The number of nitro benzene ring substituents is 1. The number of hydrogen-bond donors (Lipinski definition) is 4. The first-order valence-corrected chi connectivity index (χ1v) is 10.5. The smallest absolute Gasteiger partial charge is 0.269 e. The molecule has 0 aliphatic rings. The van der Waals surface area contributed by atoms with Crippen molar-refractivity contribution in [2.24, 2.45) is 10.8 Å². The lowest BCUT2D eigenvalue weighted by atomic mass is 9.99. The summed E-state index contributed by atoms with van der Waals surface area (Å²) < 4.78 is 0.571. The molecule has 3 rings (SSSR count). The predicted molar refractivity (Wildman–Crippen MR) is 130 cm³/mol. The number of nitro groups is 1. The van der Waals surface area contributed by atoms with Crippen LogP contribution in [0.15, 0.2) is 70.2 Å². The highest BCUT2D eigenvalue weighted by atomic mass is 79.9. The van der Waals surface area contributed by atoms with Gasteiger partial charge in [-0.05, 0) is 83.2 Å². The maximum absolute atomic E-state index is 10.9. The molecule has 0 fully saturated rings. The van der Waals surface area contributed by atoms with E-state index in [4.69, 9.17) is 11.1 Å². The molecule has 9 heteroatoms. The number of anilines is 1. The highest BCUT2D eigenvalue weighted by molar-refractivity contribution is 9.10. The lowest BCUT2D eigenvalue weighted by molar-refractivity contribution is -0.384. The Hall–Kier alpha value is -3.72. The average Bonchev–Trinajstić information content (AvgIpc) is 2.77. The first-order chi connectivity index (χ1) is 15.2. The zero-order valence-electron chi connectivity index (χ0n) is 17.3. The molecule has 0 heterocycles. The van der Waals surface area contributed by atoms with E-state index in [-0.39, 0.29) is 17.3 Å². The van der Waals surface area contributed by atoms with Crippen LogP contribution in [0.5, 0.6) is 5.75 Å². The third-order valence-electron chi connectivity index (χ3n) is 4.83. The molecule has 0 spiro atoms. The number of non-ortho nitro benzene ring substituents is 1. The van der Waals surface area contributed by atoms with Gasteiger partial charge in [-0.1, -0.05) is 12.1 Å². The number of rotatable bonds is 8.